The molecule has 1 heterocycles. The Hall–Kier alpha value is -2.74. The van der Waals surface area contributed by atoms with Gasteiger partial charge in [0.2, 0.25) is 5.88 Å². The van der Waals surface area contributed by atoms with Crippen molar-refractivity contribution in [2.45, 2.75) is 6.54 Å². The molecule has 102 valence electrons. The van der Waals surface area contributed by atoms with Crippen LogP contribution in [0.2, 0.25) is 0 Å². The van der Waals surface area contributed by atoms with Crippen molar-refractivity contribution in [2.24, 2.45) is 0 Å². The molecule has 0 fully saturated rings. The van der Waals surface area contributed by atoms with E-state index in [1.54, 1.807) is 7.11 Å². The number of aromatic nitrogens is 1. The average molecular weight is 269 g/mol. The Balaban J connectivity index is 1.91. The molecule has 0 spiro atoms. The normalized spacial score (nSPS) is 9.60. The maximum atomic E-state index is 8.43. The van der Waals surface area contributed by atoms with Crippen LogP contribution in [-0.4, -0.2) is 18.7 Å². The number of methoxy groups -OCH3 is 1. The van der Waals surface area contributed by atoms with Gasteiger partial charge < -0.3 is 14.8 Å². The van der Waals surface area contributed by atoms with E-state index in [1.165, 1.54) is 0 Å². The summed E-state index contributed by atoms with van der Waals surface area (Å²) < 4.78 is 10.3. The molecule has 0 radical (unpaired) electrons. The van der Waals surface area contributed by atoms with Crippen molar-refractivity contribution in [1.29, 1.82) is 5.26 Å². The third kappa shape index (κ3) is 3.89. The Morgan fingerprint density at radius 1 is 1.20 bits per heavy atom. The van der Waals surface area contributed by atoms with Crippen LogP contribution in [0.25, 0.3) is 0 Å². The van der Waals surface area contributed by atoms with E-state index in [0.717, 1.165) is 11.4 Å². The minimum absolute atomic E-state index is 0.0561. The van der Waals surface area contributed by atoms with Gasteiger partial charge in [-0.15, -0.1) is 0 Å². The number of ether oxygens (including phenoxy) is 2. The molecule has 2 rings (SSSR count). The number of benzene rings is 1. The topological polar surface area (TPSA) is 67.2 Å². The van der Waals surface area contributed by atoms with Crippen molar-refractivity contribution in [3.8, 4) is 17.7 Å². The maximum absolute atomic E-state index is 8.43. The van der Waals surface area contributed by atoms with Crippen LogP contribution in [0.1, 0.15) is 5.69 Å². The summed E-state index contributed by atoms with van der Waals surface area (Å²) in [5.41, 5.74) is 1.85. The third-order valence-corrected chi connectivity index (χ3v) is 2.62. The summed E-state index contributed by atoms with van der Waals surface area (Å²) >= 11 is 0. The van der Waals surface area contributed by atoms with Gasteiger partial charge in [0.25, 0.3) is 0 Å². The summed E-state index contributed by atoms with van der Waals surface area (Å²) in [4.78, 5) is 4.32. The SMILES string of the molecule is COc1cccc(CNc2ccc(OCC#N)cc2)n1. The van der Waals surface area contributed by atoms with Gasteiger partial charge in [-0.05, 0) is 30.3 Å². The van der Waals surface area contributed by atoms with Gasteiger partial charge in [0.1, 0.15) is 11.8 Å². The molecule has 1 aromatic carbocycles. The first kappa shape index (κ1) is 13.7. The number of pyridine rings is 1. The zero-order valence-corrected chi connectivity index (χ0v) is 11.2. The molecule has 20 heavy (non-hydrogen) atoms. The summed E-state index contributed by atoms with van der Waals surface area (Å²) in [6.45, 7) is 0.663. The lowest BCUT2D eigenvalue weighted by Gasteiger charge is -2.08. The lowest BCUT2D eigenvalue weighted by Crippen LogP contribution is -2.02. The fourth-order valence-electron chi connectivity index (χ4n) is 1.65. The summed E-state index contributed by atoms with van der Waals surface area (Å²) in [7, 11) is 1.60. The molecule has 1 aromatic heterocycles. The minimum Gasteiger partial charge on any atom is -0.481 e. The van der Waals surface area contributed by atoms with Crippen LogP contribution in [0.15, 0.2) is 42.5 Å². The fraction of sp³-hybridized carbons (Fsp3) is 0.200. The van der Waals surface area contributed by atoms with Gasteiger partial charge in [-0.25, -0.2) is 4.98 Å². The van der Waals surface area contributed by atoms with E-state index in [-0.39, 0.29) is 6.61 Å². The van der Waals surface area contributed by atoms with Gasteiger partial charge in [-0.1, -0.05) is 6.07 Å². The van der Waals surface area contributed by atoms with E-state index in [0.29, 0.717) is 18.2 Å². The van der Waals surface area contributed by atoms with Gasteiger partial charge in [-0.3, -0.25) is 0 Å². The van der Waals surface area contributed by atoms with Crippen molar-refractivity contribution in [3.63, 3.8) is 0 Å². The van der Waals surface area contributed by atoms with Gasteiger partial charge in [0.15, 0.2) is 6.61 Å². The van der Waals surface area contributed by atoms with Gasteiger partial charge in [-0.2, -0.15) is 5.26 Å². The fourth-order valence-corrected chi connectivity index (χ4v) is 1.65. The second-order valence-corrected chi connectivity index (χ2v) is 4.00. The molecule has 0 aliphatic rings. The second kappa shape index (κ2) is 7.00. The standard InChI is InChI=1S/C15H15N3O2/c1-19-15-4-2-3-13(18-15)11-17-12-5-7-14(8-6-12)20-10-9-16/h2-8,17H,10-11H2,1H3. The first-order chi connectivity index (χ1) is 9.81. The van der Waals surface area contributed by atoms with E-state index < -0.39 is 0 Å². The van der Waals surface area contributed by atoms with Crippen molar-refractivity contribution >= 4 is 5.69 Å². The Kier molecular flexibility index (Phi) is 4.79. The largest absolute Gasteiger partial charge is 0.481 e. The zero-order chi connectivity index (χ0) is 14.2. The summed E-state index contributed by atoms with van der Waals surface area (Å²) in [5.74, 6) is 1.28. The Morgan fingerprint density at radius 2 is 2.00 bits per heavy atom. The van der Waals surface area contributed by atoms with Crippen LogP contribution in [0.4, 0.5) is 5.69 Å². The highest BCUT2D eigenvalue weighted by Crippen LogP contribution is 2.16. The van der Waals surface area contributed by atoms with Crippen LogP contribution < -0.4 is 14.8 Å². The Bertz CT molecular complexity index is 591. The van der Waals surface area contributed by atoms with E-state index in [4.69, 9.17) is 14.7 Å². The smallest absolute Gasteiger partial charge is 0.213 e. The molecule has 5 heteroatoms. The number of nitrogens with zero attached hydrogens (tertiary/aromatic N) is 2. The molecular formula is C15H15N3O2. The molecule has 0 saturated heterocycles. The molecule has 0 aliphatic heterocycles. The number of hydrogen-bond acceptors (Lipinski definition) is 5. The molecule has 0 atom stereocenters. The minimum atomic E-state index is 0.0561. The first-order valence-corrected chi connectivity index (χ1v) is 6.15. The highest BCUT2D eigenvalue weighted by molar-refractivity contribution is 5.46. The van der Waals surface area contributed by atoms with Crippen molar-refractivity contribution in [1.82, 2.24) is 4.98 Å². The summed E-state index contributed by atoms with van der Waals surface area (Å²) in [6, 6.07) is 15.0. The number of nitrogens with one attached hydrogen (secondary N) is 1. The molecule has 2 aromatic rings. The third-order valence-electron chi connectivity index (χ3n) is 2.62. The van der Waals surface area contributed by atoms with Crippen molar-refractivity contribution in [2.75, 3.05) is 19.0 Å². The van der Waals surface area contributed by atoms with Crippen LogP contribution in [0.5, 0.6) is 11.6 Å². The van der Waals surface area contributed by atoms with Crippen LogP contribution in [-0.2, 0) is 6.54 Å². The van der Waals surface area contributed by atoms with Gasteiger partial charge >= 0.3 is 0 Å². The highest BCUT2D eigenvalue weighted by atomic mass is 16.5. The molecule has 0 aliphatic carbocycles. The number of nitriles is 1. The number of rotatable bonds is 6. The average Bonchev–Trinajstić information content (AvgIpc) is 2.52. The molecule has 5 nitrogen and oxygen atoms in total. The summed E-state index contributed by atoms with van der Waals surface area (Å²) in [6.07, 6.45) is 0. The van der Waals surface area contributed by atoms with Gasteiger partial charge in [0.05, 0.1) is 19.3 Å². The van der Waals surface area contributed by atoms with Crippen LogP contribution >= 0.6 is 0 Å². The lowest BCUT2D eigenvalue weighted by molar-refractivity contribution is 0.368. The van der Waals surface area contributed by atoms with E-state index in [1.807, 2.05) is 48.5 Å². The van der Waals surface area contributed by atoms with Crippen LogP contribution in [0, 0.1) is 11.3 Å². The van der Waals surface area contributed by atoms with Crippen molar-refractivity contribution < 1.29 is 9.47 Å². The van der Waals surface area contributed by atoms with Gasteiger partial charge in [0, 0.05) is 11.8 Å². The molecule has 1 N–H and O–H groups in total. The maximum Gasteiger partial charge on any atom is 0.213 e. The molecule has 0 bridgehead atoms. The van der Waals surface area contributed by atoms with Crippen molar-refractivity contribution in [3.05, 3.63) is 48.2 Å². The zero-order valence-electron chi connectivity index (χ0n) is 11.2. The molecule has 0 saturated carbocycles. The predicted octanol–water partition coefficient (Wildman–Crippen LogP) is 2.60. The molecule has 0 unspecified atom stereocenters. The Morgan fingerprint density at radius 3 is 2.70 bits per heavy atom. The Labute approximate surface area is 117 Å². The monoisotopic (exact) mass is 269 g/mol. The number of anilines is 1. The first-order valence-electron chi connectivity index (χ1n) is 6.15. The van der Waals surface area contributed by atoms with E-state index in [9.17, 15) is 0 Å². The predicted molar refractivity (Wildman–Crippen MR) is 75.7 cm³/mol. The number of hydrogen-bond donors (Lipinski definition) is 1. The lowest BCUT2D eigenvalue weighted by atomic mass is 10.3. The quantitative estimate of drug-likeness (QED) is 0.873. The van der Waals surface area contributed by atoms with E-state index >= 15 is 0 Å². The summed E-state index contributed by atoms with van der Waals surface area (Å²) in [5, 5.41) is 11.7. The molecule has 0 amide bonds. The van der Waals surface area contributed by atoms with Crippen LogP contribution in [0.3, 0.4) is 0 Å². The van der Waals surface area contributed by atoms with E-state index in [2.05, 4.69) is 10.3 Å². The highest BCUT2D eigenvalue weighted by Gasteiger charge is 1.99. The molecular weight excluding hydrogens is 254 g/mol. The second-order valence-electron chi connectivity index (χ2n) is 4.00.